The van der Waals surface area contributed by atoms with Crippen LogP contribution in [0.1, 0.15) is 6.92 Å². The van der Waals surface area contributed by atoms with Crippen molar-refractivity contribution in [3.8, 4) is 0 Å². The molecule has 0 aromatic carbocycles. The summed E-state index contributed by atoms with van der Waals surface area (Å²) in [4.78, 5) is 1.72. The largest absolute Gasteiger partial charge is 0.368 e. The van der Waals surface area contributed by atoms with Crippen molar-refractivity contribution in [3.63, 3.8) is 0 Å². The van der Waals surface area contributed by atoms with Crippen molar-refractivity contribution in [2.45, 2.75) is 6.92 Å². The van der Waals surface area contributed by atoms with Crippen LogP contribution in [-0.4, -0.2) is 25.0 Å². The van der Waals surface area contributed by atoms with Gasteiger partial charge in [-0.3, -0.25) is 5.43 Å². The molecule has 0 rings (SSSR count). The molecule has 3 N–H and O–H groups in total. The van der Waals surface area contributed by atoms with Crippen molar-refractivity contribution >= 4 is 5.96 Å². The normalized spacial score (nSPS) is 12.8. The number of guanidine groups is 1. The van der Waals surface area contributed by atoms with Crippen molar-refractivity contribution in [2.75, 3.05) is 14.1 Å². The van der Waals surface area contributed by atoms with Gasteiger partial charge < -0.3 is 10.6 Å². The van der Waals surface area contributed by atoms with Crippen LogP contribution in [0.3, 0.4) is 0 Å². The van der Waals surface area contributed by atoms with Crippen LogP contribution in [0.4, 0.5) is 0 Å². The number of rotatable bonds is 3. The Morgan fingerprint density at radius 1 is 1.42 bits per heavy atom. The average molecular weight is 168 g/mol. The van der Waals surface area contributed by atoms with Gasteiger partial charge in [-0.05, 0) is 13.0 Å². The standard InChI is InChI=1S/C8H16N4/c1-4-5-6-7-10-11-8(9)12(2)3/h4-7,10H,1-3H3,(H2,9,11)/b5-4-,7-6-. The molecule has 12 heavy (non-hydrogen) atoms. The highest BCUT2D eigenvalue weighted by Gasteiger charge is 1.89. The summed E-state index contributed by atoms with van der Waals surface area (Å²) >= 11 is 0. The third kappa shape index (κ3) is 5.34. The van der Waals surface area contributed by atoms with Gasteiger partial charge in [-0.25, -0.2) is 0 Å². The number of hydrazone groups is 1. The maximum atomic E-state index is 5.49. The summed E-state index contributed by atoms with van der Waals surface area (Å²) < 4.78 is 0. The molecule has 68 valence electrons. The summed E-state index contributed by atoms with van der Waals surface area (Å²) in [6, 6.07) is 0. The zero-order valence-corrected chi connectivity index (χ0v) is 7.78. The van der Waals surface area contributed by atoms with E-state index in [1.165, 1.54) is 0 Å². The summed E-state index contributed by atoms with van der Waals surface area (Å²) in [7, 11) is 3.66. The predicted molar refractivity (Wildman–Crippen MR) is 52.4 cm³/mol. The maximum absolute atomic E-state index is 5.49. The Labute approximate surface area is 73.4 Å². The van der Waals surface area contributed by atoms with Crippen molar-refractivity contribution in [3.05, 3.63) is 24.4 Å². The number of nitrogens with one attached hydrogen (secondary N) is 1. The van der Waals surface area contributed by atoms with Gasteiger partial charge in [-0.2, -0.15) is 0 Å². The fourth-order valence-electron chi connectivity index (χ4n) is 0.413. The van der Waals surface area contributed by atoms with Gasteiger partial charge >= 0.3 is 0 Å². The van der Waals surface area contributed by atoms with Gasteiger partial charge in [0.1, 0.15) is 0 Å². The van der Waals surface area contributed by atoms with Crippen LogP contribution in [-0.2, 0) is 0 Å². The van der Waals surface area contributed by atoms with Gasteiger partial charge in [0.15, 0.2) is 0 Å². The molecule has 0 aliphatic rings. The summed E-state index contributed by atoms with van der Waals surface area (Å²) in [6.07, 6.45) is 7.37. The second-order valence-corrected chi connectivity index (χ2v) is 2.38. The van der Waals surface area contributed by atoms with Gasteiger partial charge in [0.05, 0.1) is 0 Å². The fourth-order valence-corrected chi connectivity index (χ4v) is 0.413. The van der Waals surface area contributed by atoms with Crippen LogP contribution < -0.4 is 11.2 Å². The van der Waals surface area contributed by atoms with Gasteiger partial charge in [0, 0.05) is 20.3 Å². The van der Waals surface area contributed by atoms with Crippen LogP contribution >= 0.6 is 0 Å². The van der Waals surface area contributed by atoms with Gasteiger partial charge in [0.2, 0.25) is 5.96 Å². The number of hydrogen-bond donors (Lipinski definition) is 2. The van der Waals surface area contributed by atoms with Crippen LogP contribution in [0.25, 0.3) is 0 Å². The van der Waals surface area contributed by atoms with E-state index in [1.807, 2.05) is 39.2 Å². The van der Waals surface area contributed by atoms with Crippen molar-refractivity contribution in [2.24, 2.45) is 10.8 Å². The lowest BCUT2D eigenvalue weighted by Gasteiger charge is -2.08. The van der Waals surface area contributed by atoms with E-state index in [0.29, 0.717) is 5.96 Å². The van der Waals surface area contributed by atoms with E-state index in [-0.39, 0.29) is 0 Å². The van der Waals surface area contributed by atoms with E-state index in [1.54, 1.807) is 11.1 Å². The molecule has 0 fully saturated rings. The van der Waals surface area contributed by atoms with Crippen molar-refractivity contribution in [1.82, 2.24) is 10.3 Å². The number of allylic oxidation sites excluding steroid dienone is 3. The molecule has 0 radical (unpaired) electrons. The quantitative estimate of drug-likeness (QED) is 0.278. The smallest absolute Gasteiger partial charge is 0.213 e. The lowest BCUT2D eigenvalue weighted by atomic mass is 10.5. The topological polar surface area (TPSA) is 53.6 Å². The zero-order chi connectivity index (χ0) is 9.40. The molecule has 0 saturated carbocycles. The summed E-state index contributed by atoms with van der Waals surface area (Å²) in [5.74, 6) is 0.445. The van der Waals surface area contributed by atoms with E-state index in [0.717, 1.165) is 0 Å². The van der Waals surface area contributed by atoms with Crippen molar-refractivity contribution in [1.29, 1.82) is 0 Å². The summed E-state index contributed by atoms with van der Waals surface area (Å²) in [6.45, 7) is 1.95. The molecule has 0 amide bonds. The molecule has 0 aromatic rings. The first-order valence-corrected chi connectivity index (χ1v) is 3.72. The van der Waals surface area contributed by atoms with E-state index in [9.17, 15) is 0 Å². The molecule has 4 heteroatoms. The second kappa shape index (κ2) is 6.27. The Balaban J connectivity index is 3.74. The first-order valence-electron chi connectivity index (χ1n) is 3.72. The highest BCUT2D eigenvalue weighted by atomic mass is 15.4. The third-order valence-corrected chi connectivity index (χ3v) is 1.11. The first-order chi connectivity index (χ1) is 5.68. The minimum atomic E-state index is 0.445. The van der Waals surface area contributed by atoms with Crippen LogP contribution in [0.15, 0.2) is 29.5 Å². The molecular weight excluding hydrogens is 152 g/mol. The molecule has 0 heterocycles. The van der Waals surface area contributed by atoms with E-state index < -0.39 is 0 Å². The fraction of sp³-hybridized carbons (Fsp3) is 0.375. The van der Waals surface area contributed by atoms with Crippen LogP contribution in [0.5, 0.6) is 0 Å². The Bertz CT molecular complexity index is 191. The lowest BCUT2D eigenvalue weighted by Crippen LogP contribution is -2.31. The molecule has 0 unspecified atom stereocenters. The average Bonchev–Trinajstić information content (AvgIpc) is 2.03. The van der Waals surface area contributed by atoms with E-state index in [2.05, 4.69) is 10.5 Å². The van der Waals surface area contributed by atoms with E-state index >= 15 is 0 Å². The number of nitrogens with two attached hydrogens (primary N) is 1. The molecule has 0 aliphatic carbocycles. The van der Waals surface area contributed by atoms with Gasteiger partial charge in [0.25, 0.3) is 0 Å². The van der Waals surface area contributed by atoms with Gasteiger partial charge in [-0.1, -0.05) is 12.2 Å². The molecule has 0 bridgehead atoms. The number of hydrogen-bond acceptors (Lipinski definition) is 2. The van der Waals surface area contributed by atoms with Crippen LogP contribution in [0, 0.1) is 0 Å². The molecule has 0 aliphatic heterocycles. The second-order valence-electron chi connectivity index (χ2n) is 2.38. The van der Waals surface area contributed by atoms with Gasteiger partial charge in [-0.15, -0.1) is 5.10 Å². The zero-order valence-electron chi connectivity index (χ0n) is 7.78. The Morgan fingerprint density at radius 2 is 2.08 bits per heavy atom. The lowest BCUT2D eigenvalue weighted by molar-refractivity contribution is 0.605. The summed E-state index contributed by atoms with van der Waals surface area (Å²) in [5.41, 5.74) is 8.18. The molecular formula is C8H16N4. The highest BCUT2D eigenvalue weighted by molar-refractivity contribution is 5.77. The molecule has 0 saturated heterocycles. The van der Waals surface area contributed by atoms with Crippen LogP contribution in [0.2, 0.25) is 0 Å². The molecule has 4 nitrogen and oxygen atoms in total. The third-order valence-electron chi connectivity index (χ3n) is 1.11. The maximum Gasteiger partial charge on any atom is 0.213 e. The monoisotopic (exact) mass is 168 g/mol. The minimum Gasteiger partial charge on any atom is -0.368 e. The minimum absolute atomic E-state index is 0.445. The molecule has 0 aromatic heterocycles. The summed E-state index contributed by atoms with van der Waals surface area (Å²) in [5, 5.41) is 3.85. The Kier molecular flexibility index (Phi) is 5.51. The number of nitrogens with zero attached hydrogens (tertiary/aromatic N) is 2. The van der Waals surface area contributed by atoms with E-state index in [4.69, 9.17) is 5.73 Å². The van der Waals surface area contributed by atoms with Crippen molar-refractivity contribution < 1.29 is 0 Å². The predicted octanol–water partition coefficient (Wildman–Crippen LogP) is 0.457. The molecule has 0 atom stereocenters. The Hall–Kier alpha value is -1.45. The highest BCUT2D eigenvalue weighted by Crippen LogP contribution is 1.75. The Morgan fingerprint density at radius 3 is 2.58 bits per heavy atom. The molecule has 0 spiro atoms. The first kappa shape index (κ1) is 10.6. The SMILES string of the molecule is C/C=C\C=C/N/N=C(/N)N(C)C.